The van der Waals surface area contributed by atoms with Gasteiger partial charge in [-0.25, -0.2) is 0 Å². The van der Waals surface area contributed by atoms with Gasteiger partial charge in [0.15, 0.2) is 0 Å². The van der Waals surface area contributed by atoms with Crippen molar-refractivity contribution in [3.63, 3.8) is 0 Å². The summed E-state index contributed by atoms with van der Waals surface area (Å²) >= 11 is 1.97. The fourth-order valence-electron chi connectivity index (χ4n) is 13.5. The van der Waals surface area contributed by atoms with Crippen LogP contribution in [0.1, 0.15) is 103 Å². The smallest absolute Gasteiger partial charge is 0.333 e. The molecule has 0 fully saturated rings. The number of para-hydroxylation sites is 1. The number of rotatable bonds is 1. The molecule has 5 heteroatoms. The molecule has 68 heavy (non-hydrogen) atoms. The molecule has 4 aliphatic rings. The van der Waals surface area contributed by atoms with E-state index < -0.39 is 0 Å². The lowest BCUT2D eigenvalue weighted by atomic mass is 9.44. The summed E-state index contributed by atoms with van der Waals surface area (Å²) in [7, 11) is 0. The minimum Gasteiger partial charge on any atom is -0.456 e. The minimum atomic E-state index is -0.129. The van der Waals surface area contributed by atoms with Crippen molar-refractivity contribution in [1.82, 2.24) is 4.57 Å². The van der Waals surface area contributed by atoms with Gasteiger partial charge < -0.3 is 13.8 Å². The van der Waals surface area contributed by atoms with Gasteiger partial charge in [-0.3, -0.25) is 0 Å². The van der Waals surface area contributed by atoms with Crippen LogP contribution in [0.2, 0.25) is 0 Å². The molecule has 8 aromatic carbocycles. The van der Waals surface area contributed by atoms with Crippen LogP contribution in [0.5, 0.6) is 0 Å². The van der Waals surface area contributed by atoms with Gasteiger partial charge in [0.1, 0.15) is 11.2 Å². The molecule has 0 saturated carbocycles. The molecule has 0 amide bonds. The standard InChI is InChI=1S/C63H53BN2OS/c1-60(2,3)34-18-20-35(21-19-34)66-52-29-45-44-27-48-49(62(6,7)25-24-61(48,4)5)32-57(44)68-56(45)30-42(52)38-22-23-39-41-26-40-36-14-10-12-16-46(36)63(8,9)47(40)31-51(41)65-53-28-43-37-15-11-13-17-54(37)67-55(43)33-50(53)64(66)58(38)59(39)65/h10-23,26-33H,24-25H2,1-9H3. The van der Waals surface area contributed by atoms with Crippen molar-refractivity contribution < 1.29 is 4.42 Å². The summed E-state index contributed by atoms with van der Waals surface area (Å²) in [5.41, 5.74) is 23.4. The molecular weight excluding hydrogens is 844 g/mol. The predicted octanol–water partition coefficient (Wildman–Crippen LogP) is 16.2. The lowest BCUT2D eigenvalue weighted by Crippen LogP contribution is -2.60. The molecule has 0 bridgehead atoms. The first kappa shape index (κ1) is 39.4. The monoisotopic (exact) mass is 896 g/mol. The summed E-state index contributed by atoms with van der Waals surface area (Å²) in [6.07, 6.45) is 2.41. The summed E-state index contributed by atoms with van der Waals surface area (Å²) < 4.78 is 12.2. The summed E-state index contributed by atoms with van der Waals surface area (Å²) in [5.74, 6) is 0. The molecule has 11 aromatic rings. The maximum Gasteiger partial charge on any atom is 0.333 e. The van der Waals surface area contributed by atoms with E-state index in [2.05, 4.69) is 205 Å². The lowest BCUT2D eigenvalue weighted by molar-refractivity contribution is 0.332. The molecule has 2 aliphatic carbocycles. The van der Waals surface area contributed by atoms with Crippen LogP contribution in [0.4, 0.5) is 11.4 Å². The van der Waals surface area contributed by atoms with Gasteiger partial charge in [0.25, 0.3) is 0 Å². The van der Waals surface area contributed by atoms with Crippen LogP contribution in [0.25, 0.3) is 91.9 Å². The van der Waals surface area contributed by atoms with Crippen molar-refractivity contribution in [3.05, 3.63) is 161 Å². The number of thiophene rings is 1. The highest BCUT2D eigenvalue weighted by Crippen LogP contribution is 2.55. The average Bonchev–Trinajstić information content (AvgIpc) is 4.03. The zero-order valence-electron chi connectivity index (χ0n) is 40.4. The topological polar surface area (TPSA) is 21.3 Å². The van der Waals surface area contributed by atoms with E-state index in [1.165, 1.54) is 133 Å². The van der Waals surface area contributed by atoms with Crippen LogP contribution < -0.4 is 15.7 Å². The molecule has 330 valence electrons. The van der Waals surface area contributed by atoms with Crippen molar-refractivity contribution in [2.24, 2.45) is 0 Å². The summed E-state index contributed by atoms with van der Waals surface area (Å²) in [5, 5.41) is 7.65. The highest BCUT2D eigenvalue weighted by atomic mass is 32.1. The van der Waals surface area contributed by atoms with Gasteiger partial charge in [-0.1, -0.05) is 129 Å². The predicted molar refractivity (Wildman–Crippen MR) is 292 cm³/mol. The van der Waals surface area contributed by atoms with Gasteiger partial charge in [0.2, 0.25) is 0 Å². The maximum absolute atomic E-state index is 6.82. The molecule has 3 aromatic heterocycles. The Morgan fingerprint density at radius 3 is 2.03 bits per heavy atom. The lowest BCUT2D eigenvalue weighted by Gasteiger charge is -2.42. The molecule has 15 rings (SSSR count). The van der Waals surface area contributed by atoms with E-state index in [9.17, 15) is 0 Å². The Hall–Kier alpha value is -6.56. The SMILES string of the molecule is CC(C)(C)c1ccc(N2B3c4cc5oc6ccccc6c5cc4-n4c5cc6c(cc5c5ccc(c3c54)-c3cc4sc5cc7c(cc5c4cc32)C(C)(C)CCC7(C)C)-c2ccccc2C6(C)C)cc1. The number of hydrogen-bond donors (Lipinski definition) is 0. The van der Waals surface area contributed by atoms with Gasteiger partial charge in [-0.15, -0.1) is 11.3 Å². The molecule has 0 N–H and O–H groups in total. The number of fused-ring (bicyclic) bond motifs is 18. The summed E-state index contributed by atoms with van der Waals surface area (Å²) in [6, 6.07) is 52.2. The molecule has 0 unspecified atom stereocenters. The zero-order valence-corrected chi connectivity index (χ0v) is 41.2. The Morgan fingerprint density at radius 2 is 1.24 bits per heavy atom. The van der Waals surface area contributed by atoms with Gasteiger partial charge in [0.05, 0.1) is 11.0 Å². The summed E-state index contributed by atoms with van der Waals surface area (Å²) in [4.78, 5) is 2.70. The van der Waals surface area contributed by atoms with Gasteiger partial charge >= 0.3 is 6.85 Å². The van der Waals surface area contributed by atoms with E-state index in [-0.39, 0.29) is 28.5 Å². The van der Waals surface area contributed by atoms with E-state index in [0.29, 0.717) is 0 Å². The van der Waals surface area contributed by atoms with E-state index in [4.69, 9.17) is 4.42 Å². The Kier molecular flexibility index (Phi) is 7.28. The van der Waals surface area contributed by atoms with Gasteiger partial charge in [-0.2, -0.15) is 0 Å². The first-order chi connectivity index (χ1) is 32.6. The zero-order chi connectivity index (χ0) is 46.1. The first-order valence-corrected chi connectivity index (χ1v) is 25.5. The highest BCUT2D eigenvalue weighted by Gasteiger charge is 2.46. The van der Waals surface area contributed by atoms with Crippen LogP contribution in [0.15, 0.2) is 138 Å². The molecular formula is C63H53BN2OS. The van der Waals surface area contributed by atoms with Crippen LogP contribution in [0, 0.1) is 0 Å². The first-order valence-electron chi connectivity index (χ1n) is 24.7. The van der Waals surface area contributed by atoms with E-state index in [1.54, 1.807) is 0 Å². The number of benzene rings is 8. The normalized spacial score (nSPS) is 17.1. The van der Waals surface area contributed by atoms with E-state index >= 15 is 0 Å². The minimum absolute atomic E-state index is 0.0287. The Morgan fingerprint density at radius 1 is 0.529 bits per heavy atom. The van der Waals surface area contributed by atoms with Crippen molar-refractivity contribution in [2.45, 2.75) is 96.8 Å². The second-order valence-corrected chi connectivity index (χ2v) is 24.6. The number of furan rings is 1. The highest BCUT2D eigenvalue weighted by molar-refractivity contribution is 7.25. The third kappa shape index (κ3) is 4.91. The molecule has 5 heterocycles. The average molecular weight is 897 g/mol. The van der Waals surface area contributed by atoms with Crippen molar-refractivity contribution in [1.29, 1.82) is 0 Å². The van der Waals surface area contributed by atoms with Crippen LogP contribution in [-0.4, -0.2) is 11.4 Å². The van der Waals surface area contributed by atoms with Crippen molar-refractivity contribution in [2.75, 3.05) is 4.81 Å². The van der Waals surface area contributed by atoms with E-state index in [0.717, 1.165) is 21.9 Å². The third-order valence-corrected chi connectivity index (χ3v) is 18.5. The number of aromatic nitrogens is 1. The Balaban J connectivity index is 1.09. The van der Waals surface area contributed by atoms with Crippen LogP contribution >= 0.6 is 11.3 Å². The Bertz CT molecular complexity index is 4110. The van der Waals surface area contributed by atoms with Crippen molar-refractivity contribution >= 4 is 104 Å². The van der Waals surface area contributed by atoms with Crippen LogP contribution in [0.3, 0.4) is 0 Å². The van der Waals surface area contributed by atoms with Crippen molar-refractivity contribution in [3.8, 4) is 27.9 Å². The molecule has 3 nitrogen and oxygen atoms in total. The third-order valence-electron chi connectivity index (χ3n) is 17.4. The fourth-order valence-corrected chi connectivity index (χ4v) is 14.7. The molecule has 2 aliphatic heterocycles. The number of hydrogen-bond acceptors (Lipinski definition) is 3. The number of nitrogens with zero attached hydrogens (tertiary/aromatic N) is 2. The molecule has 0 radical (unpaired) electrons. The maximum atomic E-state index is 6.82. The second kappa shape index (κ2) is 12.6. The molecule has 0 atom stereocenters. The van der Waals surface area contributed by atoms with Gasteiger partial charge in [-0.05, 0) is 151 Å². The molecule has 0 saturated heterocycles. The molecule has 0 spiro atoms. The fraction of sp³-hybridized carbons (Fsp3) is 0.238. The van der Waals surface area contributed by atoms with E-state index in [1.807, 2.05) is 11.3 Å². The Labute approximate surface area is 402 Å². The van der Waals surface area contributed by atoms with Crippen LogP contribution in [-0.2, 0) is 21.7 Å². The number of anilines is 2. The quantitative estimate of drug-likeness (QED) is 0.153. The second-order valence-electron chi connectivity index (χ2n) is 23.5. The summed E-state index contributed by atoms with van der Waals surface area (Å²) in [6.45, 7) is 21.4. The largest absolute Gasteiger partial charge is 0.456 e. The van der Waals surface area contributed by atoms with Gasteiger partial charge in [0, 0.05) is 69.8 Å².